The zero-order valence-electron chi connectivity index (χ0n) is 11.4. The van der Waals surface area contributed by atoms with Gasteiger partial charge < -0.3 is 5.32 Å². The SMILES string of the molecule is CC(C)NCc1sc2ccc(F)cc2c1C(C)C. The predicted molar refractivity (Wildman–Crippen MR) is 77.8 cm³/mol. The van der Waals surface area contributed by atoms with E-state index in [-0.39, 0.29) is 5.82 Å². The molecule has 0 aliphatic rings. The number of halogens is 1. The van der Waals surface area contributed by atoms with Crippen molar-refractivity contribution in [1.29, 1.82) is 0 Å². The molecule has 0 bridgehead atoms. The van der Waals surface area contributed by atoms with E-state index in [9.17, 15) is 4.39 Å². The summed E-state index contributed by atoms with van der Waals surface area (Å²) in [5.41, 5.74) is 1.29. The Balaban J connectivity index is 2.48. The Labute approximate surface area is 112 Å². The van der Waals surface area contributed by atoms with E-state index < -0.39 is 0 Å². The summed E-state index contributed by atoms with van der Waals surface area (Å²) in [6.45, 7) is 9.49. The van der Waals surface area contributed by atoms with Crippen LogP contribution in [-0.4, -0.2) is 6.04 Å². The maximum Gasteiger partial charge on any atom is 0.123 e. The summed E-state index contributed by atoms with van der Waals surface area (Å²) in [4.78, 5) is 1.33. The molecule has 18 heavy (non-hydrogen) atoms. The van der Waals surface area contributed by atoms with E-state index in [4.69, 9.17) is 0 Å². The van der Waals surface area contributed by atoms with Crippen LogP contribution < -0.4 is 5.32 Å². The van der Waals surface area contributed by atoms with Gasteiger partial charge in [0.05, 0.1) is 0 Å². The molecule has 0 aliphatic carbocycles. The molecule has 1 aromatic heterocycles. The van der Waals surface area contributed by atoms with Crippen LogP contribution in [0.4, 0.5) is 4.39 Å². The van der Waals surface area contributed by atoms with Gasteiger partial charge in [0.15, 0.2) is 0 Å². The van der Waals surface area contributed by atoms with E-state index in [0.29, 0.717) is 12.0 Å². The van der Waals surface area contributed by atoms with Crippen molar-refractivity contribution in [1.82, 2.24) is 5.32 Å². The van der Waals surface area contributed by atoms with Crippen LogP contribution in [-0.2, 0) is 6.54 Å². The fourth-order valence-corrected chi connectivity index (χ4v) is 3.49. The minimum absolute atomic E-state index is 0.148. The second-order valence-electron chi connectivity index (χ2n) is 5.27. The number of fused-ring (bicyclic) bond motifs is 1. The van der Waals surface area contributed by atoms with Crippen molar-refractivity contribution < 1.29 is 4.39 Å². The zero-order valence-corrected chi connectivity index (χ0v) is 12.2. The number of nitrogens with one attached hydrogen (secondary N) is 1. The number of benzene rings is 1. The first-order valence-electron chi connectivity index (χ1n) is 6.43. The summed E-state index contributed by atoms with van der Waals surface area (Å²) in [5, 5.41) is 4.53. The fraction of sp³-hybridized carbons (Fsp3) is 0.467. The van der Waals surface area contributed by atoms with E-state index in [2.05, 4.69) is 33.0 Å². The van der Waals surface area contributed by atoms with Gasteiger partial charge >= 0.3 is 0 Å². The Morgan fingerprint density at radius 1 is 1.22 bits per heavy atom. The highest BCUT2D eigenvalue weighted by atomic mass is 32.1. The average molecular weight is 265 g/mol. The van der Waals surface area contributed by atoms with E-state index in [1.54, 1.807) is 23.5 Å². The van der Waals surface area contributed by atoms with Crippen LogP contribution in [0.3, 0.4) is 0 Å². The van der Waals surface area contributed by atoms with Crippen molar-refractivity contribution in [2.75, 3.05) is 0 Å². The lowest BCUT2D eigenvalue weighted by molar-refractivity contribution is 0.589. The van der Waals surface area contributed by atoms with Crippen molar-refractivity contribution in [3.8, 4) is 0 Å². The summed E-state index contributed by atoms with van der Waals surface area (Å²) in [6.07, 6.45) is 0. The fourth-order valence-electron chi connectivity index (χ4n) is 2.20. The molecule has 0 radical (unpaired) electrons. The van der Waals surface area contributed by atoms with Gasteiger partial charge in [-0.3, -0.25) is 0 Å². The topological polar surface area (TPSA) is 12.0 Å². The van der Waals surface area contributed by atoms with Gasteiger partial charge in [0.1, 0.15) is 5.82 Å². The van der Waals surface area contributed by atoms with Crippen molar-refractivity contribution in [2.24, 2.45) is 0 Å². The van der Waals surface area contributed by atoms with Crippen LogP contribution in [0.15, 0.2) is 18.2 Å². The summed E-state index contributed by atoms with van der Waals surface area (Å²) >= 11 is 1.77. The van der Waals surface area contributed by atoms with Gasteiger partial charge in [-0.2, -0.15) is 0 Å². The van der Waals surface area contributed by atoms with Gasteiger partial charge in [-0.05, 0) is 35.1 Å². The van der Waals surface area contributed by atoms with Gasteiger partial charge in [0, 0.05) is 22.2 Å². The number of thiophene rings is 1. The molecule has 0 spiro atoms. The molecule has 0 aliphatic heterocycles. The Hall–Kier alpha value is -0.930. The smallest absolute Gasteiger partial charge is 0.123 e. The van der Waals surface area contributed by atoms with Gasteiger partial charge in [-0.15, -0.1) is 11.3 Å². The lowest BCUT2D eigenvalue weighted by Crippen LogP contribution is -2.21. The molecule has 2 aromatic rings. The van der Waals surface area contributed by atoms with Crippen LogP contribution in [0, 0.1) is 5.82 Å². The second kappa shape index (κ2) is 5.37. The highest BCUT2D eigenvalue weighted by Gasteiger charge is 2.15. The summed E-state index contributed by atoms with van der Waals surface area (Å²) in [6, 6.07) is 5.56. The number of hydrogen-bond acceptors (Lipinski definition) is 2. The first-order chi connectivity index (χ1) is 8.49. The molecule has 0 fully saturated rings. The highest BCUT2D eigenvalue weighted by molar-refractivity contribution is 7.19. The Morgan fingerprint density at radius 3 is 2.56 bits per heavy atom. The Morgan fingerprint density at radius 2 is 1.94 bits per heavy atom. The Kier molecular flexibility index (Phi) is 4.03. The standard InChI is InChI=1S/C15H20FNS/c1-9(2)15-12-7-11(16)5-6-13(12)18-14(15)8-17-10(3)4/h5-7,9-10,17H,8H2,1-4H3. The molecule has 2 rings (SSSR count). The molecule has 0 unspecified atom stereocenters. The quantitative estimate of drug-likeness (QED) is 0.847. The van der Waals surface area contributed by atoms with Crippen LogP contribution >= 0.6 is 11.3 Å². The monoisotopic (exact) mass is 265 g/mol. The third-order valence-corrected chi connectivity index (χ3v) is 4.20. The summed E-state index contributed by atoms with van der Waals surface area (Å²) in [7, 11) is 0. The van der Waals surface area contributed by atoms with Crippen molar-refractivity contribution in [3.05, 3.63) is 34.5 Å². The normalized spacial score (nSPS) is 11.9. The zero-order chi connectivity index (χ0) is 13.3. The van der Waals surface area contributed by atoms with Gasteiger partial charge in [-0.25, -0.2) is 4.39 Å². The molecule has 0 amide bonds. The summed E-state index contributed by atoms with van der Waals surface area (Å²) in [5.74, 6) is 0.273. The van der Waals surface area contributed by atoms with Crippen molar-refractivity contribution in [3.63, 3.8) is 0 Å². The maximum atomic E-state index is 13.4. The van der Waals surface area contributed by atoms with E-state index in [1.165, 1.54) is 15.1 Å². The molecule has 98 valence electrons. The van der Waals surface area contributed by atoms with Crippen LogP contribution in [0.5, 0.6) is 0 Å². The lowest BCUT2D eigenvalue weighted by atomic mass is 9.99. The number of hydrogen-bond donors (Lipinski definition) is 1. The van der Waals surface area contributed by atoms with E-state index >= 15 is 0 Å². The molecular formula is C15H20FNS. The number of rotatable bonds is 4. The molecule has 3 heteroatoms. The minimum Gasteiger partial charge on any atom is -0.310 e. The molecule has 1 heterocycles. The third kappa shape index (κ3) is 2.73. The Bertz CT molecular complexity index is 543. The molecular weight excluding hydrogens is 245 g/mol. The first kappa shape index (κ1) is 13.5. The molecule has 1 N–H and O–H groups in total. The molecule has 1 aromatic carbocycles. The van der Waals surface area contributed by atoms with Crippen molar-refractivity contribution in [2.45, 2.75) is 46.2 Å². The maximum absolute atomic E-state index is 13.4. The van der Waals surface area contributed by atoms with E-state index in [1.807, 2.05) is 6.07 Å². The third-order valence-electron chi connectivity index (χ3n) is 3.01. The predicted octanol–water partition coefficient (Wildman–Crippen LogP) is 4.66. The van der Waals surface area contributed by atoms with Gasteiger partial charge in [0.2, 0.25) is 0 Å². The van der Waals surface area contributed by atoms with Gasteiger partial charge in [-0.1, -0.05) is 27.7 Å². The summed E-state index contributed by atoms with van der Waals surface area (Å²) < 4.78 is 14.6. The lowest BCUT2D eigenvalue weighted by Gasteiger charge is -2.11. The van der Waals surface area contributed by atoms with Crippen LogP contribution in [0.1, 0.15) is 44.1 Å². The minimum atomic E-state index is -0.148. The average Bonchev–Trinajstić information content (AvgIpc) is 2.63. The molecule has 0 saturated carbocycles. The van der Waals surface area contributed by atoms with Gasteiger partial charge in [0.25, 0.3) is 0 Å². The van der Waals surface area contributed by atoms with Crippen LogP contribution in [0.25, 0.3) is 10.1 Å². The highest BCUT2D eigenvalue weighted by Crippen LogP contribution is 2.36. The van der Waals surface area contributed by atoms with E-state index in [0.717, 1.165) is 11.9 Å². The molecule has 1 nitrogen and oxygen atoms in total. The van der Waals surface area contributed by atoms with Crippen LogP contribution in [0.2, 0.25) is 0 Å². The molecule has 0 saturated heterocycles. The first-order valence-corrected chi connectivity index (χ1v) is 7.25. The molecule has 0 atom stereocenters. The second-order valence-corrected chi connectivity index (χ2v) is 6.41. The largest absolute Gasteiger partial charge is 0.310 e. The van der Waals surface area contributed by atoms with Crippen molar-refractivity contribution >= 4 is 21.4 Å².